The molecule has 4 nitrogen and oxygen atoms in total. The third-order valence-corrected chi connectivity index (χ3v) is 2.91. The highest BCUT2D eigenvalue weighted by atomic mass is 16.2. The van der Waals surface area contributed by atoms with Gasteiger partial charge in [-0.15, -0.1) is 0 Å². The number of carbonyl (C=O) groups is 1. The second-order valence-electron chi connectivity index (χ2n) is 5.84. The van der Waals surface area contributed by atoms with Crippen LogP contribution in [0.15, 0.2) is 0 Å². The lowest BCUT2D eigenvalue weighted by Crippen LogP contribution is -2.51. The van der Waals surface area contributed by atoms with E-state index in [9.17, 15) is 4.79 Å². The summed E-state index contributed by atoms with van der Waals surface area (Å²) in [6, 6.07) is 2.31. The SMILES string of the molecule is CC1(C#N)CCN(C(=O)NC(C)(C)C)CC1. The number of piperidine rings is 1. The van der Waals surface area contributed by atoms with Crippen LogP contribution >= 0.6 is 0 Å². The van der Waals surface area contributed by atoms with Crippen LogP contribution < -0.4 is 5.32 Å². The van der Waals surface area contributed by atoms with E-state index in [1.165, 1.54) is 0 Å². The van der Waals surface area contributed by atoms with Crippen LogP contribution in [-0.2, 0) is 0 Å². The van der Waals surface area contributed by atoms with Gasteiger partial charge in [-0.25, -0.2) is 4.79 Å². The predicted molar refractivity (Wildman–Crippen MR) is 62.8 cm³/mol. The average Bonchev–Trinajstić information content (AvgIpc) is 2.16. The van der Waals surface area contributed by atoms with Gasteiger partial charge in [0.05, 0.1) is 11.5 Å². The highest BCUT2D eigenvalue weighted by Crippen LogP contribution is 2.29. The number of urea groups is 1. The third kappa shape index (κ3) is 3.41. The van der Waals surface area contributed by atoms with E-state index in [-0.39, 0.29) is 17.0 Å². The Kier molecular flexibility index (Phi) is 3.47. The van der Waals surface area contributed by atoms with Crippen molar-refractivity contribution in [3.8, 4) is 6.07 Å². The Hall–Kier alpha value is -1.24. The molecule has 16 heavy (non-hydrogen) atoms. The summed E-state index contributed by atoms with van der Waals surface area (Å²) in [7, 11) is 0. The Morgan fingerprint density at radius 1 is 1.38 bits per heavy atom. The van der Waals surface area contributed by atoms with Crippen LogP contribution in [0, 0.1) is 16.7 Å². The zero-order chi connectivity index (χ0) is 12.4. The van der Waals surface area contributed by atoms with Crippen molar-refractivity contribution in [2.45, 2.75) is 46.1 Å². The van der Waals surface area contributed by atoms with Gasteiger partial charge < -0.3 is 10.2 Å². The van der Waals surface area contributed by atoms with Crippen molar-refractivity contribution in [1.82, 2.24) is 10.2 Å². The van der Waals surface area contributed by atoms with Gasteiger partial charge in [0.25, 0.3) is 0 Å². The third-order valence-electron chi connectivity index (χ3n) is 2.91. The summed E-state index contributed by atoms with van der Waals surface area (Å²) in [4.78, 5) is 13.6. The number of nitrogens with one attached hydrogen (secondary N) is 1. The minimum atomic E-state index is -0.251. The molecule has 0 radical (unpaired) electrons. The van der Waals surface area contributed by atoms with E-state index >= 15 is 0 Å². The van der Waals surface area contributed by atoms with Crippen molar-refractivity contribution in [2.24, 2.45) is 5.41 Å². The van der Waals surface area contributed by atoms with E-state index in [0.717, 1.165) is 12.8 Å². The molecule has 0 saturated carbocycles. The minimum Gasteiger partial charge on any atom is -0.333 e. The normalized spacial score (nSPS) is 20.1. The fourth-order valence-corrected chi connectivity index (χ4v) is 1.71. The first-order chi connectivity index (χ1) is 7.26. The fraction of sp³-hybridized carbons (Fsp3) is 0.833. The first-order valence-corrected chi connectivity index (χ1v) is 5.74. The fourth-order valence-electron chi connectivity index (χ4n) is 1.71. The maximum atomic E-state index is 11.8. The van der Waals surface area contributed by atoms with Crippen LogP contribution in [-0.4, -0.2) is 29.6 Å². The van der Waals surface area contributed by atoms with Gasteiger partial charge >= 0.3 is 6.03 Å². The topological polar surface area (TPSA) is 56.1 Å². The van der Waals surface area contributed by atoms with Crippen molar-refractivity contribution in [1.29, 1.82) is 5.26 Å². The summed E-state index contributed by atoms with van der Waals surface area (Å²) in [5.74, 6) is 0. The number of hydrogen-bond acceptors (Lipinski definition) is 2. The molecule has 0 aromatic carbocycles. The van der Waals surface area contributed by atoms with Crippen molar-refractivity contribution in [2.75, 3.05) is 13.1 Å². The summed E-state index contributed by atoms with van der Waals surface area (Å²) >= 11 is 0. The van der Waals surface area contributed by atoms with E-state index in [2.05, 4.69) is 11.4 Å². The summed E-state index contributed by atoms with van der Waals surface area (Å²) in [6.07, 6.45) is 1.53. The molecule has 0 spiro atoms. The first-order valence-electron chi connectivity index (χ1n) is 5.74. The molecule has 1 heterocycles. The van der Waals surface area contributed by atoms with Crippen molar-refractivity contribution < 1.29 is 4.79 Å². The summed E-state index contributed by atoms with van der Waals surface area (Å²) < 4.78 is 0. The molecule has 0 aromatic rings. The predicted octanol–water partition coefficient (Wildman–Crippen LogP) is 2.12. The molecule has 1 N–H and O–H groups in total. The summed E-state index contributed by atoms with van der Waals surface area (Å²) in [5.41, 5.74) is -0.453. The van der Waals surface area contributed by atoms with Crippen LogP contribution in [0.1, 0.15) is 40.5 Å². The van der Waals surface area contributed by atoms with Crippen LogP contribution in [0.3, 0.4) is 0 Å². The number of nitriles is 1. The van der Waals surface area contributed by atoms with Gasteiger partial charge in [0, 0.05) is 18.6 Å². The van der Waals surface area contributed by atoms with Gasteiger partial charge in [-0.1, -0.05) is 0 Å². The molecule has 2 amide bonds. The van der Waals surface area contributed by atoms with E-state index in [0.29, 0.717) is 13.1 Å². The lowest BCUT2D eigenvalue weighted by Gasteiger charge is -2.36. The van der Waals surface area contributed by atoms with Gasteiger partial charge in [-0.2, -0.15) is 5.26 Å². The van der Waals surface area contributed by atoms with Crippen LogP contribution in [0.4, 0.5) is 4.79 Å². The zero-order valence-electron chi connectivity index (χ0n) is 10.6. The first kappa shape index (κ1) is 12.8. The molecule has 1 rings (SSSR count). The van der Waals surface area contributed by atoms with Gasteiger partial charge in [0.15, 0.2) is 0 Å². The minimum absolute atomic E-state index is 0.0208. The molecule has 4 heteroatoms. The lowest BCUT2D eigenvalue weighted by atomic mass is 9.82. The van der Waals surface area contributed by atoms with Gasteiger partial charge in [0.1, 0.15) is 0 Å². The average molecular weight is 223 g/mol. The maximum absolute atomic E-state index is 11.8. The molecule has 1 aliphatic rings. The summed E-state index contributed by atoms with van der Waals surface area (Å²) in [6.45, 7) is 9.21. The van der Waals surface area contributed by atoms with Crippen molar-refractivity contribution >= 4 is 6.03 Å². The van der Waals surface area contributed by atoms with E-state index in [4.69, 9.17) is 5.26 Å². The standard InChI is InChI=1S/C12H21N3O/c1-11(2,3)14-10(16)15-7-5-12(4,9-13)6-8-15/h5-8H2,1-4H3,(H,14,16). The van der Waals surface area contributed by atoms with Crippen LogP contribution in [0.5, 0.6) is 0 Å². The number of hydrogen-bond donors (Lipinski definition) is 1. The van der Waals surface area contributed by atoms with Gasteiger partial charge in [-0.3, -0.25) is 0 Å². The van der Waals surface area contributed by atoms with E-state index < -0.39 is 0 Å². The monoisotopic (exact) mass is 223 g/mol. The second kappa shape index (κ2) is 4.32. The Morgan fingerprint density at radius 2 is 1.88 bits per heavy atom. The maximum Gasteiger partial charge on any atom is 0.317 e. The number of amides is 2. The molecule has 1 aliphatic heterocycles. The van der Waals surface area contributed by atoms with Gasteiger partial charge in [0.2, 0.25) is 0 Å². The van der Waals surface area contributed by atoms with Crippen LogP contribution in [0.25, 0.3) is 0 Å². The highest BCUT2D eigenvalue weighted by molar-refractivity contribution is 5.75. The molecule has 90 valence electrons. The molecule has 1 fully saturated rings. The molecule has 1 saturated heterocycles. The van der Waals surface area contributed by atoms with Crippen LogP contribution in [0.2, 0.25) is 0 Å². The molecule has 0 unspecified atom stereocenters. The quantitative estimate of drug-likeness (QED) is 0.684. The second-order valence-corrected chi connectivity index (χ2v) is 5.84. The van der Waals surface area contributed by atoms with E-state index in [1.54, 1.807) is 4.90 Å². The molecular formula is C12H21N3O. The smallest absolute Gasteiger partial charge is 0.317 e. The number of carbonyl (C=O) groups excluding carboxylic acids is 1. The molecule has 0 bridgehead atoms. The van der Waals surface area contributed by atoms with Crippen molar-refractivity contribution in [3.63, 3.8) is 0 Å². The van der Waals surface area contributed by atoms with Gasteiger partial charge in [-0.05, 0) is 40.5 Å². The van der Waals surface area contributed by atoms with Crippen molar-refractivity contribution in [3.05, 3.63) is 0 Å². The zero-order valence-corrected chi connectivity index (χ0v) is 10.6. The Labute approximate surface area is 97.6 Å². The Bertz CT molecular complexity index is 303. The largest absolute Gasteiger partial charge is 0.333 e. The van der Waals surface area contributed by atoms with E-state index in [1.807, 2.05) is 27.7 Å². The Morgan fingerprint density at radius 3 is 2.25 bits per heavy atom. The number of likely N-dealkylation sites (tertiary alicyclic amines) is 1. The molecule has 0 aliphatic carbocycles. The number of rotatable bonds is 0. The molecule has 0 aromatic heterocycles. The molecular weight excluding hydrogens is 202 g/mol. The highest BCUT2D eigenvalue weighted by Gasteiger charge is 2.32. The summed E-state index contributed by atoms with van der Waals surface area (Å²) in [5, 5.41) is 11.9. The lowest BCUT2D eigenvalue weighted by molar-refractivity contribution is 0.150. The molecule has 0 atom stereocenters. The Balaban J connectivity index is 2.49. The number of nitrogens with zero attached hydrogens (tertiary/aromatic N) is 2.